The van der Waals surface area contributed by atoms with E-state index in [0.29, 0.717) is 5.56 Å². The zero-order chi connectivity index (χ0) is 21.3. The van der Waals surface area contributed by atoms with Gasteiger partial charge < -0.3 is 15.4 Å². The number of nitrogens with one attached hydrogen (secondary N) is 2. The van der Waals surface area contributed by atoms with Crippen molar-refractivity contribution in [1.29, 1.82) is 0 Å². The van der Waals surface area contributed by atoms with Crippen LogP contribution in [0.4, 0.5) is 0 Å². The third-order valence-corrected chi connectivity index (χ3v) is 5.35. The quantitative estimate of drug-likeness (QED) is 0.693. The summed E-state index contributed by atoms with van der Waals surface area (Å²) in [4.78, 5) is 26.2. The van der Waals surface area contributed by atoms with Gasteiger partial charge in [0.05, 0.1) is 7.11 Å². The van der Waals surface area contributed by atoms with Crippen molar-refractivity contribution in [1.82, 2.24) is 15.5 Å². The number of likely N-dealkylation sites (tertiary alicyclic amines) is 1. The van der Waals surface area contributed by atoms with Crippen LogP contribution in [0.15, 0.2) is 54.6 Å². The Hall–Kier alpha value is -3.12. The maximum atomic E-state index is 12.3. The average Bonchev–Trinajstić information content (AvgIpc) is 2.79. The van der Waals surface area contributed by atoms with Crippen molar-refractivity contribution in [3.05, 3.63) is 71.3 Å². The minimum Gasteiger partial charge on any atom is -0.496 e. The first-order chi connectivity index (χ1) is 14.6. The van der Waals surface area contributed by atoms with Crippen LogP contribution >= 0.6 is 0 Å². The predicted molar refractivity (Wildman–Crippen MR) is 118 cm³/mol. The molecule has 3 rings (SSSR count). The Morgan fingerprint density at radius 2 is 1.80 bits per heavy atom. The molecule has 2 aromatic rings. The van der Waals surface area contributed by atoms with Crippen molar-refractivity contribution in [3.8, 4) is 5.75 Å². The summed E-state index contributed by atoms with van der Waals surface area (Å²) in [6.07, 6.45) is 5.17. The number of piperidine rings is 1. The van der Waals surface area contributed by atoms with E-state index in [2.05, 4.69) is 21.6 Å². The summed E-state index contributed by atoms with van der Waals surface area (Å²) in [5, 5.41) is 5.68. The number of para-hydroxylation sites is 1. The molecule has 0 aliphatic carbocycles. The van der Waals surface area contributed by atoms with Gasteiger partial charge in [-0.05, 0) is 42.7 Å². The number of ether oxygens (including phenoxy) is 1. The van der Waals surface area contributed by atoms with Crippen molar-refractivity contribution in [3.63, 3.8) is 0 Å². The fourth-order valence-electron chi connectivity index (χ4n) is 3.62. The second-order valence-corrected chi connectivity index (χ2v) is 7.41. The van der Waals surface area contributed by atoms with Crippen LogP contribution in [-0.4, -0.2) is 50.0 Å². The van der Waals surface area contributed by atoms with Crippen LogP contribution in [0.1, 0.15) is 34.3 Å². The van der Waals surface area contributed by atoms with E-state index in [0.717, 1.165) is 43.8 Å². The molecule has 0 spiro atoms. The molecule has 0 atom stereocenters. The zero-order valence-electron chi connectivity index (χ0n) is 17.6. The monoisotopic (exact) mass is 407 g/mol. The molecule has 1 saturated heterocycles. The number of carbonyl (C=O) groups is 2. The van der Waals surface area contributed by atoms with E-state index < -0.39 is 0 Å². The van der Waals surface area contributed by atoms with Crippen LogP contribution in [0.5, 0.6) is 5.75 Å². The molecule has 2 aromatic carbocycles. The highest BCUT2D eigenvalue weighted by molar-refractivity contribution is 5.94. The molecule has 6 nitrogen and oxygen atoms in total. The van der Waals surface area contributed by atoms with Gasteiger partial charge in [-0.15, -0.1) is 0 Å². The van der Waals surface area contributed by atoms with Gasteiger partial charge in [-0.25, -0.2) is 0 Å². The Morgan fingerprint density at radius 3 is 2.47 bits per heavy atom. The van der Waals surface area contributed by atoms with Gasteiger partial charge in [-0.2, -0.15) is 0 Å². The number of methoxy groups -OCH3 is 1. The number of rotatable bonds is 7. The summed E-state index contributed by atoms with van der Waals surface area (Å²) in [5.41, 5.74) is 2.66. The molecule has 2 amide bonds. The Balaban J connectivity index is 1.45. The maximum Gasteiger partial charge on any atom is 0.251 e. The molecule has 158 valence electrons. The first-order valence-corrected chi connectivity index (χ1v) is 10.2. The summed E-state index contributed by atoms with van der Waals surface area (Å²) in [7, 11) is 3.30. The predicted octanol–water partition coefficient (Wildman–Crippen LogP) is 2.85. The topological polar surface area (TPSA) is 70.7 Å². The summed E-state index contributed by atoms with van der Waals surface area (Å²) in [6, 6.07) is 15.4. The highest BCUT2D eigenvalue weighted by Crippen LogP contribution is 2.21. The highest BCUT2D eigenvalue weighted by atomic mass is 16.5. The number of amides is 2. The smallest absolute Gasteiger partial charge is 0.251 e. The molecule has 0 saturated carbocycles. The lowest BCUT2D eigenvalue weighted by atomic mass is 10.0. The van der Waals surface area contributed by atoms with Crippen molar-refractivity contribution in [2.45, 2.75) is 25.4 Å². The molecule has 1 fully saturated rings. The molecule has 1 heterocycles. The standard InChI is InChI=1S/C24H29N3O3/c1-25-24(29)19-10-7-18(8-11-19)9-12-23(28)26-21-13-15-27(16-14-21)17-20-5-3-4-6-22(20)30-2/h3-12,21H,13-17H2,1-2H3,(H,25,29)(H,26,28). The van der Waals surface area contributed by atoms with Crippen LogP contribution in [-0.2, 0) is 11.3 Å². The van der Waals surface area contributed by atoms with Gasteiger partial charge in [0.15, 0.2) is 0 Å². The highest BCUT2D eigenvalue weighted by Gasteiger charge is 2.20. The van der Waals surface area contributed by atoms with E-state index in [4.69, 9.17) is 4.74 Å². The van der Waals surface area contributed by atoms with Gasteiger partial charge in [-0.1, -0.05) is 30.3 Å². The summed E-state index contributed by atoms with van der Waals surface area (Å²) >= 11 is 0. The summed E-state index contributed by atoms with van der Waals surface area (Å²) < 4.78 is 5.44. The number of nitrogens with zero attached hydrogens (tertiary/aromatic N) is 1. The molecule has 0 bridgehead atoms. The molecule has 6 heteroatoms. The SMILES string of the molecule is CNC(=O)c1ccc(C=CC(=O)NC2CCN(Cc3ccccc3OC)CC2)cc1. The molecule has 2 N–H and O–H groups in total. The maximum absolute atomic E-state index is 12.3. The van der Waals surface area contributed by atoms with Gasteiger partial charge in [0.2, 0.25) is 5.91 Å². The number of hydrogen-bond acceptors (Lipinski definition) is 4. The largest absolute Gasteiger partial charge is 0.496 e. The van der Waals surface area contributed by atoms with Crippen molar-refractivity contribution in [2.75, 3.05) is 27.2 Å². The molecule has 0 aromatic heterocycles. The van der Waals surface area contributed by atoms with Crippen LogP contribution in [0, 0.1) is 0 Å². The normalized spacial score (nSPS) is 15.1. The first-order valence-electron chi connectivity index (χ1n) is 10.2. The zero-order valence-corrected chi connectivity index (χ0v) is 17.6. The second kappa shape index (κ2) is 10.6. The minimum absolute atomic E-state index is 0.0893. The van der Waals surface area contributed by atoms with E-state index in [1.807, 2.05) is 30.3 Å². The van der Waals surface area contributed by atoms with Crippen molar-refractivity contribution < 1.29 is 14.3 Å². The number of benzene rings is 2. The Bertz CT molecular complexity index is 885. The van der Waals surface area contributed by atoms with Crippen LogP contribution in [0.2, 0.25) is 0 Å². The fraction of sp³-hybridized carbons (Fsp3) is 0.333. The molecular weight excluding hydrogens is 378 g/mol. The molecule has 0 radical (unpaired) electrons. The third-order valence-electron chi connectivity index (χ3n) is 5.35. The summed E-state index contributed by atoms with van der Waals surface area (Å²) in [5.74, 6) is 0.704. The van der Waals surface area contributed by atoms with Gasteiger partial charge in [0.25, 0.3) is 5.91 Å². The van der Waals surface area contributed by atoms with Gasteiger partial charge >= 0.3 is 0 Å². The van der Waals surface area contributed by atoms with Gasteiger partial charge in [0.1, 0.15) is 5.75 Å². The van der Waals surface area contributed by atoms with E-state index >= 15 is 0 Å². The summed E-state index contributed by atoms with van der Waals surface area (Å²) in [6.45, 7) is 2.73. The Morgan fingerprint density at radius 1 is 1.10 bits per heavy atom. The molecular formula is C24H29N3O3. The average molecular weight is 408 g/mol. The van der Waals surface area contributed by atoms with Crippen molar-refractivity contribution >= 4 is 17.9 Å². The second-order valence-electron chi connectivity index (χ2n) is 7.41. The molecule has 1 aliphatic rings. The van der Waals surface area contributed by atoms with E-state index in [-0.39, 0.29) is 17.9 Å². The van der Waals surface area contributed by atoms with Gasteiger partial charge in [0, 0.05) is 49.9 Å². The van der Waals surface area contributed by atoms with Crippen LogP contribution < -0.4 is 15.4 Å². The first kappa shape index (κ1) is 21.6. The molecule has 1 aliphatic heterocycles. The van der Waals surface area contributed by atoms with E-state index in [1.165, 1.54) is 5.56 Å². The number of carbonyl (C=O) groups excluding carboxylic acids is 2. The van der Waals surface area contributed by atoms with E-state index in [9.17, 15) is 9.59 Å². The number of hydrogen-bond donors (Lipinski definition) is 2. The fourth-order valence-corrected chi connectivity index (χ4v) is 3.62. The Kier molecular flexibility index (Phi) is 7.63. The lowest BCUT2D eigenvalue weighted by Crippen LogP contribution is -2.43. The van der Waals surface area contributed by atoms with Crippen LogP contribution in [0.3, 0.4) is 0 Å². The lowest BCUT2D eigenvalue weighted by molar-refractivity contribution is -0.117. The van der Waals surface area contributed by atoms with Crippen molar-refractivity contribution in [2.24, 2.45) is 0 Å². The van der Waals surface area contributed by atoms with Gasteiger partial charge in [-0.3, -0.25) is 14.5 Å². The van der Waals surface area contributed by atoms with Crippen LogP contribution in [0.25, 0.3) is 6.08 Å². The lowest BCUT2D eigenvalue weighted by Gasteiger charge is -2.32. The third kappa shape index (κ3) is 5.94. The Labute approximate surface area is 177 Å². The molecule has 30 heavy (non-hydrogen) atoms. The van der Waals surface area contributed by atoms with E-state index in [1.54, 1.807) is 38.4 Å². The minimum atomic E-state index is -0.125. The molecule has 0 unspecified atom stereocenters.